The minimum absolute atomic E-state index is 0.356. The molecule has 0 saturated heterocycles. The van der Waals surface area contributed by atoms with Gasteiger partial charge in [-0.2, -0.15) is 0 Å². The van der Waals surface area contributed by atoms with Crippen molar-refractivity contribution in [3.05, 3.63) is 88.9 Å². The van der Waals surface area contributed by atoms with Crippen molar-refractivity contribution in [3.63, 3.8) is 0 Å². The van der Waals surface area contributed by atoms with Crippen molar-refractivity contribution in [2.45, 2.75) is 0 Å². The van der Waals surface area contributed by atoms with E-state index in [1.54, 1.807) is 72.8 Å². The van der Waals surface area contributed by atoms with Crippen LogP contribution < -0.4 is 13.0 Å². The number of benzene rings is 3. The first-order valence-electron chi connectivity index (χ1n) is 9.04. The number of para-hydroxylation sites is 2. The Balaban J connectivity index is 1.60. The summed E-state index contributed by atoms with van der Waals surface area (Å²) in [5.74, 6) is -0.609. The van der Waals surface area contributed by atoms with Gasteiger partial charge in [-0.05, 0) is 0 Å². The Hall–Kier alpha value is -2.40. The fourth-order valence-electron chi connectivity index (χ4n) is 2.31. The van der Waals surface area contributed by atoms with Gasteiger partial charge in [-0.25, -0.2) is 0 Å². The van der Waals surface area contributed by atoms with Crippen LogP contribution in [0.4, 0.5) is 0 Å². The fraction of sp³-hybridized carbons (Fsp3) is 0.0909. The summed E-state index contributed by atoms with van der Waals surface area (Å²) in [7, 11) is 0. The SMILES string of the molecule is O=C(COc1ccccc1Cl)[O][Sb]([O]C(=O)COc1ccccc1Cl)[c]1ccccc1. The van der Waals surface area contributed by atoms with Crippen molar-refractivity contribution in [2.24, 2.45) is 0 Å². The van der Waals surface area contributed by atoms with Crippen LogP contribution in [-0.4, -0.2) is 46.2 Å². The Morgan fingerprint density at radius 2 is 1.06 bits per heavy atom. The third kappa shape index (κ3) is 7.35. The third-order valence-electron chi connectivity index (χ3n) is 3.70. The molecule has 0 saturated carbocycles. The van der Waals surface area contributed by atoms with Gasteiger partial charge in [0.2, 0.25) is 0 Å². The number of hydrogen-bond acceptors (Lipinski definition) is 6. The molecule has 0 aliphatic rings. The van der Waals surface area contributed by atoms with Gasteiger partial charge in [0.25, 0.3) is 0 Å². The normalized spacial score (nSPS) is 10.4. The molecule has 0 bridgehead atoms. The van der Waals surface area contributed by atoms with Crippen molar-refractivity contribution in [1.82, 2.24) is 0 Å². The van der Waals surface area contributed by atoms with Crippen LogP contribution in [0.15, 0.2) is 78.9 Å². The Bertz CT molecular complexity index is 968. The average Bonchev–Trinajstić information content (AvgIpc) is 2.78. The van der Waals surface area contributed by atoms with E-state index in [1.165, 1.54) is 0 Å². The summed E-state index contributed by atoms with van der Waals surface area (Å²) in [5, 5.41) is 0.749. The maximum absolute atomic E-state index is 12.3. The third-order valence-corrected chi connectivity index (χ3v) is 8.49. The second-order valence-corrected chi connectivity index (χ2v) is 10.8. The summed E-state index contributed by atoms with van der Waals surface area (Å²) in [6, 6.07) is 22.4. The molecule has 0 heterocycles. The van der Waals surface area contributed by atoms with Gasteiger partial charge in [0.15, 0.2) is 0 Å². The van der Waals surface area contributed by atoms with Crippen LogP contribution in [0.3, 0.4) is 0 Å². The van der Waals surface area contributed by atoms with E-state index in [4.69, 9.17) is 38.7 Å². The topological polar surface area (TPSA) is 71.1 Å². The summed E-state index contributed by atoms with van der Waals surface area (Å²) in [5.41, 5.74) is 0. The van der Waals surface area contributed by atoms with E-state index in [0.29, 0.717) is 25.1 Å². The molecule has 0 unspecified atom stereocenters. The predicted octanol–water partition coefficient (Wildman–Crippen LogP) is 3.93. The average molecular weight is 570 g/mol. The standard InChI is InChI=1S/2C8H7ClO3.C6H5.Sb/c2*9-6-3-1-2-4-7(6)12-5-8(10)11;1-2-4-6-5-3-1;/h2*1-4H,5H2,(H,10,11);1-5H;/q;;;+2/p-2. The Morgan fingerprint density at radius 1 is 0.645 bits per heavy atom. The van der Waals surface area contributed by atoms with Crippen LogP contribution in [0.5, 0.6) is 11.5 Å². The first-order valence-corrected chi connectivity index (χ1v) is 13.2. The zero-order valence-corrected chi connectivity index (χ0v) is 20.1. The molecule has 31 heavy (non-hydrogen) atoms. The molecular formula is C22H17Cl2O6Sb. The number of hydrogen-bond donors (Lipinski definition) is 0. The van der Waals surface area contributed by atoms with Gasteiger partial charge >= 0.3 is 198 Å². The van der Waals surface area contributed by atoms with Crippen molar-refractivity contribution in [3.8, 4) is 11.5 Å². The number of halogens is 2. The molecule has 160 valence electrons. The maximum atomic E-state index is 12.3. The van der Waals surface area contributed by atoms with Gasteiger partial charge < -0.3 is 0 Å². The molecule has 0 aromatic heterocycles. The van der Waals surface area contributed by atoms with Gasteiger partial charge in [-0.3, -0.25) is 0 Å². The molecular weight excluding hydrogens is 553 g/mol. The number of carbonyl (C=O) groups is 2. The summed E-state index contributed by atoms with van der Waals surface area (Å²) < 4.78 is 22.5. The van der Waals surface area contributed by atoms with Crippen molar-refractivity contribution < 1.29 is 25.1 Å². The quantitative estimate of drug-likeness (QED) is 0.364. The number of carbonyl (C=O) groups excluding carboxylic acids is 2. The number of rotatable bonds is 9. The van der Waals surface area contributed by atoms with E-state index < -0.39 is 33.0 Å². The summed E-state index contributed by atoms with van der Waals surface area (Å²) in [4.78, 5) is 24.7. The molecule has 3 aromatic carbocycles. The molecule has 3 aromatic rings. The second-order valence-electron chi connectivity index (χ2n) is 5.96. The molecule has 0 amide bonds. The Labute approximate surface area is 197 Å². The van der Waals surface area contributed by atoms with Crippen LogP contribution in [0, 0.1) is 0 Å². The first-order chi connectivity index (χ1) is 15.0. The summed E-state index contributed by atoms with van der Waals surface area (Å²) in [6.07, 6.45) is 0. The molecule has 3 rings (SSSR count). The van der Waals surface area contributed by atoms with E-state index in [1.807, 2.05) is 6.07 Å². The van der Waals surface area contributed by atoms with E-state index >= 15 is 0 Å². The summed E-state index contributed by atoms with van der Waals surface area (Å²) >= 11 is 8.60. The monoisotopic (exact) mass is 568 g/mol. The van der Waals surface area contributed by atoms with E-state index in [9.17, 15) is 9.59 Å². The molecule has 6 nitrogen and oxygen atoms in total. The van der Waals surface area contributed by atoms with Crippen molar-refractivity contribution in [1.29, 1.82) is 0 Å². The van der Waals surface area contributed by atoms with E-state index in [0.717, 1.165) is 0 Å². The molecule has 0 spiro atoms. The second kappa shape index (κ2) is 11.8. The van der Waals surface area contributed by atoms with Crippen LogP contribution in [0.25, 0.3) is 0 Å². The van der Waals surface area contributed by atoms with Crippen LogP contribution in [0.1, 0.15) is 0 Å². The van der Waals surface area contributed by atoms with Gasteiger partial charge in [0.05, 0.1) is 0 Å². The molecule has 0 fully saturated rings. The fourth-order valence-corrected chi connectivity index (χ4v) is 5.94. The zero-order chi connectivity index (χ0) is 22.1. The van der Waals surface area contributed by atoms with Gasteiger partial charge in [-0.15, -0.1) is 0 Å². The van der Waals surface area contributed by atoms with Crippen molar-refractivity contribution >= 4 is 59.7 Å². The van der Waals surface area contributed by atoms with Gasteiger partial charge in [-0.1, -0.05) is 0 Å². The summed E-state index contributed by atoms with van der Waals surface area (Å²) in [6.45, 7) is -0.740. The van der Waals surface area contributed by atoms with E-state index in [-0.39, 0.29) is 13.2 Å². The molecule has 0 aliphatic heterocycles. The zero-order valence-electron chi connectivity index (χ0n) is 16.1. The molecule has 9 heteroatoms. The van der Waals surface area contributed by atoms with Crippen molar-refractivity contribution in [2.75, 3.05) is 13.2 Å². The predicted molar refractivity (Wildman–Crippen MR) is 118 cm³/mol. The van der Waals surface area contributed by atoms with Crippen LogP contribution in [0.2, 0.25) is 10.0 Å². The Kier molecular flexibility index (Phi) is 8.89. The molecule has 0 N–H and O–H groups in total. The van der Waals surface area contributed by atoms with Crippen LogP contribution in [-0.2, 0) is 15.6 Å². The number of ether oxygens (including phenoxy) is 2. The Morgan fingerprint density at radius 3 is 1.52 bits per heavy atom. The van der Waals surface area contributed by atoms with Gasteiger partial charge in [0.1, 0.15) is 0 Å². The van der Waals surface area contributed by atoms with E-state index in [2.05, 4.69) is 0 Å². The minimum atomic E-state index is -3.43. The first kappa shape index (κ1) is 23.3. The molecule has 0 aliphatic carbocycles. The molecule has 0 atom stereocenters. The van der Waals surface area contributed by atoms with Gasteiger partial charge in [0, 0.05) is 0 Å². The van der Waals surface area contributed by atoms with Crippen LogP contribution >= 0.6 is 23.2 Å². The molecule has 0 radical (unpaired) electrons.